The van der Waals surface area contributed by atoms with Gasteiger partial charge in [-0.3, -0.25) is 9.69 Å². The van der Waals surface area contributed by atoms with Crippen LogP contribution in [-0.4, -0.2) is 34.2 Å². The molecule has 0 aromatic heterocycles. The van der Waals surface area contributed by atoms with Crippen molar-refractivity contribution >= 4 is 46.3 Å². The van der Waals surface area contributed by atoms with Gasteiger partial charge < -0.3 is 19.4 Å². The number of methoxy groups -OCH3 is 1. The van der Waals surface area contributed by atoms with Crippen LogP contribution in [0, 0.1) is 6.92 Å². The molecule has 2 aromatic rings. The van der Waals surface area contributed by atoms with Crippen molar-refractivity contribution in [2.75, 3.05) is 7.11 Å². The first-order chi connectivity index (χ1) is 14.3. The molecule has 1 heterocycles. The largest absolute Gasteiger partial charge is 0.548 e. The van der Waals surface area contributed by atoms with Crippen LogP contribution >= 0.6 is 24.0 Å². The number of aliphatic carboxylic acids is 1. The third-order valence-corrected chi connectivity index (χ3v) is 5.88. The molecular formula is C22H20NO5S2-. The van der Waals surface area contributed by atoms with Crippen molar-refractivity contribution in [1.29, 1.82) is 0 Å². The molecule has 0 radical (unpaired) electrons. The first-order valence-corrected chi connectivity index (χ1v) is 10.4. The number of aryl methyl sites for hydroxylation is 1. The second kappa shape index (κ2) is 9.32. The zero-order chi connectivity index (χ0) is 21.8. The number of carbonyl (C=O) groups excluding carboxylic acids is 2. The second-order valence-electron chi connectivity index (χ2n) is 6.73. The second-order valence-corrected chi connectivity index (χ2v) is 8.41. The van der Waals surface area contributed by atoms with E-state index in [-0.39, 0.29) is 4.32 Å². The fourth-order valence-electron chi connectivity index (χ4n) is 2.81. The van der Waals surface area contributed by atoms with Gasteiger partial charge in [-0.05, 0) is 43.2 Å². The van der Waals surface area contributed by atoms with Crippen LogP contribution in [0.3, 0.4) is 0 Å². The average molecular weight is 443 g/mol. The topological polar surface area (TPSA) is 78.9 Å². The van der Waals surface area contributed by atoms with Crippen LogP contribution in [0.15, 0.2) is 47.4 Å². The number of carboxylic acids is 1. The summed E-state index contributed by atoms with van der Waals surface area (Å²) in [5.41, 5.74) is 2.92. The summed E-state index contributed by atoms with van der Waals surface area (Å²) in [5, 5.41) is 11.1. The maximum Gasteiger partial charge on any atom is 0.266 e. The molecule has 1 atom stereocenters. The van der Waals surface area contributed by atoms with Crippen molar-refractivity contribution in [3.8, 4) is 11.5 Å². The maximum absolute atomic E-state index is 12.6. The van der Waals surface area contributed by atoms with Gasteiger partial charge in [-0.1, -0.05) is 59.9 Å². The molecule has 30 heavy (non-hydrogen) atoms. The van der Waals surface area contributed by atoms with E-state index in [1.165, 1.54) is 12.5 Å². The Morgan fingerprint density at radius 3 is 2.57 bits per heavy atom. The molecule has 0 bridgehead atoms. The summed E-state index contributed by atoms with van der Waals surface area (Å²) in [6.07, 6.45) is 1.65. The lowest BCUT2D eigenvalue weighted by atomic mass is 10.1. The van der Waals surface area contributed by atoms with Gasteiger partial charge in [-0.2, -0.15) is 0 Å². The molecule has 1 aliphatic heterocycles. The van der Waals surface area contributed by atoms with E-state index in [0.717, 1.165) is 22.2 Å². The predicted octanol–water partition coefficient (Wildman–Crippen LogP) is 2.92. The Kier molecular flexibility index (Phi) is 6.79. The molecule has 6 nitrogen and oxygen atoms in total. The highest BCUT2D eigenvalue weighted by Crippen LogP contribution is 2.35. The summed E-state index contributed by atoms with van der Waals surface area (Å²) in [6.45, 7) is 3.79. The van der Waals surface area contributed by atoms with Crippen molar-refractivity contribution < 1.29 is 24.2 Å². The number of amides is 1. The SMILES string of the molecule is COc1cc(/C=C2\SC(=S)N([C@@H](C)C(=O)[O-])C2=O)ccc1OCc1ccc(C)cc1. The minimum Gasteiger partial charge on any atom is -0.548 e. The first kappa shape index (κ1) is 21.9. The Morgan fingerprint density at radius 2 is 1.93 bits per heavy atom. The highest BCUT2D eigenvalue weighted by Gasteiger charge is 2.35. The van der Waals surface area contributed by atoms with E-state index in [2.05, 4.69) is 0 Å². The van der Waals surface area contributed by atoms with Crippen molar-refractivity contribution in [2.45, 2.75) is 26.5 Å². The van der Waals surface area contributed by atoms with Crippen molar-refractivity contribution in [3.63, 3.8) is 0 Å². The van der Waals surface area contributed by atoms with Gasteiger partial charge >= 0.3 is 0 Å². The summed E-state index contributed by atoms with van der Waals surface area (Å²) in [4.78, 5) is 25.1. The summed E-state index contributed by atoms with van der Waals surface area (Å²) in [5.74, 6) is -0.715. The number of benzene rings is 2. The van der Waals surface area contributed by atoms with Crippen molar-refractivity contribution in [2.24, 2.45) is 0 Å². The van der Waals surface area contributed by atoms with Crippen molar-refractivity contribution in [3.05, 3.63) is 64.1 Å². The number of rotatable bonds is 7. The number of ether oxygens (including phenoxy) is 2. The summed E-state index contributed by atoms with van der Waals surface area (Å²) < 4.78 is 11.5. The number of thioether (sulfide) groups is 1. The van der Waals surface area contributed by atoms with Crippen LogP contribution in [0.5, 0.6) is 11.5 Å². The lowest BCUT2D eigenvalue weighted by Gasteiger charge is -2.23. The van der Waals surface area contributed by atoms with E-state index < -0.39 is 17.9 Å². The molecule has 156 valence electrons. The Labute approximate surface area is 184 Å². The molecule has 0 unspecified atom stereocenters. The molecule has 0 aliphatic carbocycles. The Morgan fingerprint density at radius 1 is 1.23 bits per heavy atom. The van der Waals surface area contributed by atoms with Gasteiger partial charge in [0.05, 0.1) is 24.0 Å². The van der Waals surface area contributed by atoms with Gasteiger partial charge in [-0.25, -0.2) is 0 Å². The smallest absolute Gasteiger partial charge is 0.266 e. The molecule has 0 spiro atoms. The van der Waals surface area contributed by atoms with Crippen LogP contribution < -0.4 is 14.6 Å². The van der Waals surface area contributed by atoms with E-state index in [0.29, 0.717) is 28.6 Å². The Bertz CT molecular complexity index is 1020. The standard InChI is InChI=1S/C22H21NO5S2/c1-13-4-6-15(7-5-13)12-28-17-9-8-16(10-18(17)27-3)11-19-20(24)23(22(29)30-19)14(2)21(25)26/h4-11,14H,12H2,1-3H3,(H,25,26)/p-1/b19-11-/t14-/m0/s1. The third kappa shape index (κ3) is 4.83. The Balaban J connectivity index is 1.77. The molecular weight excluding hydrogens is 422 g/mol. The summed E-state index contributed by atoms with van der Waals surface area (Å²) in [6, 6.07) is 12.2. The molecule has 1 fully saturated rings. The lowest BCUT2D eigenvalue weighted by molar-refractivity contribution is -0.309. The summed E-state index contributed by atoms with van der Waals surface area (Å²) in [7, 11) is 1.54. The lowest BCUT2D eigenvalue weighted by Crippen LogP contribution is -2.48. The maximum atomic E-state index is 12.6. The number of thiocarbonyl (C=S) groups is 1. The van der Waals surface area contributed by atoms with Gasteiger partial charge in [0.25, 0.3) is 5.91 Å². The van der Waals surface area contributed by atoms with E-state index in [1.54, 1.807) is 31.4 Å². The number of hydrogen-bond acceptors (Lipinski definition) is 7. The zero-order valence-corrected chi connectivity index (χ0v) is 18.3. The van der Waals surface area contributed by atoms with E-state index in [4.69, 9.17) is 21.7 Å². The number of nitrogens with zero attached hydrogens (tertiary/aromatic N) is 1. The normalized spacial score (nSPS) is 16.1. The molecule has 1 amide bonds. The van der Waals surface area contributed by atoms with Gasteiger partial charge in [0.15, 0.2) is 11.5 Å². The fraction of sp³-hybridized carbons (Fsp3) is 0.227. The van der Waals surface area contributed by atoms with E-state index in [9.17, 15) is 14.7 Å². The quantitative estimate of drug-likeness (QED) is 0.482. The van der Waals surface area contributed by atoms with Crippen LogP contribution in [-0.2, 0) is 16.2 Å². The van der Waals surface area contributed by atoms with Gasteiger partial charge in [0.2, 0.25) is 0 Å². The zero-order valence-electron chi connectivity index (χ0n) is 16.7. The molecule has 0 N–H and O–H groups in total. The molecule has 2 aromatic carbocycles. The van der Waals surface area contributed by atoms with Gasteiger partial charge in [0, 0.05) is 0 Å². The van der Waals surface area contributed by atoms with E-state index in [1.807, 2.05) is 31.2 Å². The highest BCUT2D eigenvalue weighted by molar-refractivity contribution is 8.26. The van der Waals surface area contributed by atoms with Gasteiger partial charge in [-0.15, -0.1) is 0 Å². The minimum absolute atomic E-state index is 0.188. The van der Waals surface area contributed by atoms with Crippen LogP contribution in [0.2, 0.25) is 0 Å². The first-order valence-electron chi connectivity index (χ1n) is 9.14. The van der Waals surface area contributed by atoms with Crippen LogP contribution in [0.25, 0.3) is 6.08 Å². The highest BCUT2D eigenvalue weighted by atomic mass is 32.2. The molecule has 1 saturated heterocycles. The average Bonchev–Trinajstić information content (AvgIpc) is 3.00. The number of hydrogen-bond donors (Lipinski definition) is 0. The molecule has 3 rings (SSSR count). The summed E-state index contributed by atoms with van der Waals surface area (Å²) >= 11 is 6.21. The van der Waals surface area contributed by atoms with Crippen LogP contribution in [0.4, 0.5) is 0 Å². The Hall–Kier alpha value is -2.84. The predicted molar refractivity (Wildman–Crippen MR) is 118 cm³/mol. The van der Waals surface area contributed by atoms with Gasteiger partial charge in [0.1, 0.15) is 10.9 Å². The third-order valence-electron chi connectivity index (χ3n) is 4.55. The molecule has 1 aliphatic rings. The van der Waals surface area contributed by atoms with Crippen LogP contribution in [0.1, 0.15) is 23.6 Å². The van der Waals surface area contributed by atoms with Crippen molar-refractivity contribution in [1.82, 2.24) is 4.90 Å². The molecule has 0 saturated carbocycles. The number of carboxylic acid groups (broad SMARTS) is 1. The number of carbonyl (C=O) groups is 2. The fourth-order valence-corrected chi connectivity index (χ4v) is 4.23. The molecule has 8 heteroatoms. The monoisotopic (exact) mass is 442 g/mol. The minimum atomic E-state index is -1.36. The van der Waals surface area contributed by atoms with E-state index >= 15 is 0 Å².